The third-order valence-corrected chi connectivity index (χ3v) is 3.62. The SMILES string of the molecule is CCC(=N)/C=C\C(=N)N=C(N)Cc1ccc2ncc(Br)cc2c1. The van der Waals surface area contributed by atoms with E-state index in [-0.39, 0.29) is 5.84 Å². The van der Waals surface area contributed by atoms with Crippen LogP contribution < -0.4 is 5.73 Å². The molecule has 0 aliphatic heterocycles. The van der Waals surface area contributed by atoms with Crippen LogP contribution >= 0.6 is 15.9 Å². The Labute approximate surface area is 143 Å². The molecule has 0 atom stereocenters. The van der Waals surface area contributed by atoms with Gasteiger partial charge in [-0.2, -0.15) is 0 Å². The summed E-state index contributed by atoms with van der Waals surface area (Å²) in [6, 6.07) is 7.91. The quantitative estimate of drug-likeness (QED) is 0.549. The second kappa shape index (κ2) is 7.78. The highest BCUT2D eigenvalue weighted by Gasteiger charge is 2.02. The van der Waals surface area contributed by atoms with Crippen LogP contribution in [0, 0.1) is 10.8 Å². The van der Waals surface area contributed by atoms with Gasteiger partial charge in [0, 0.05) is 28.2 Å². The Morgan fingerprint density at radius 2 is 2.09 bits per heavy atom. The van der Waals surface area contributed by atoms with Crippen LogP contribution in [-0.4, -0.2) is 22.4 Å². The van der Waals surface area contributed by atoms with E-state index in [1.807, 2.05) is 31.2 Å². The normalized spacial score (nSPS) is 12.0. The Balaban J connectivity index is 2.11. The van der Waals surface area contributed by atoms with Gasteiger partial charge in [-0.3, -0.25) is 10.4 Å². The molecule has 23 heavy (non-hydrogen) atoms. The molecule has 0 saturated carbocycles. The molecule has 1 aromatic carbocycles. The number of fused-ring (bicyclic) bond motifs is 1. The van der Waals surface area contributed by atoms with Crippen LogP contribution in [0.2, 0.25) is 0 Å². The summed E-state index contributed by atoms with van der Waals surface area (Å²) in [4.78, 5) is 8.37. The summed E-state index contributed by atoms with van der Waals surface area (Å²) in [5, 5.41) is 16.3. The maximum Gasteiger partial charge on any atom is 0.146 e. The van der Waals surface area contributed by atoms with E-state index >= 15 is 0 Å². The number of pyridine rings is 1. The highest BCUT2D eigenvalue weighted by atomic mass is 79.9. The maximum absolute atomic E-state index is 7.75. The van der Waals surface area contributed by atoms with Crippen molar-refractivity contribution in [3.63, 3.8) is 0 Å². The third-order valence-electron chi connectivity index (χ3n) is 3.18. The molecule has 1 aromatic heterocycles. The predicted molar refractivity (Wildman–Crippen MR) is 99.7 cm³/mol. The fourth-order valence-corrected chi connectivity index (χ4v) is 2.35. The fraction of sp³-hybridized carbons (Fsp3) is 0.176. The molecular weight excluding hydrogens is 354 g/mol. The zero-order chi connectivity index (χ0) is 16.8. The number of nitrogens with two attached hydrogens (primary N) is 1. The molecule has 0 bridgehead atoms. The largest absolute Gasteiger partial charge is 0.387 e. The summed E-state index contributed by atoms with van der Waals surface area (Å²) in [6.45, 7) is 1.89. The van der Waals surface area contributed by atoms with E-state index < -0.39 is 0 Å². The molecule has 0 aliphatic carbocycles. The van der Waals surface area contributed by atoms with E-state index in [9.17, 15) is 0 Å². The number of hydrogen-bond donors (Lipinski definition) is 3. The van der Waals surface area contributed by atoms with Gasteiger partial charge >= 0.3 is 0 Å². The van der Waals surface area contributed by atoms with Gasteiger partial charge in [-0.1, -0.05) is 13.0 Å². The van der Waals surface area contributed by atoms with Crippen molar-refractivity contribution in [3.05, 3.63) is 52.7 Å². The molecule has 2 rings (SSSR count). The first-order valence-electron chi connectivity index (χ1n) is 7.19. The van der Waals surface area contributed by atoms with Gasteiger partial charge in [0.15, 0.2) is 0 Å². The molecule has 0 amide bonds. The number of aromatic nitrogens is 1. The smallest absolute Gasteiger partial charge is 0.146 e. The lowest BCUT2D eigenvalue weighted by atomic mass is 10.1. The van der Waals surface area contributed by atoms with Crippen molar-refractivity contribution in [2.75, 3.05) is 0 Å². The second-order valence-electron chi connectivity index (χ2n) is 5.06. The van der Waals surface area contributed by atoms with Crippen LogP contribution in [0.1, 0.15) is 18.9 Å². The van der Waals surface area contributed by atoms with Crippen molar-refractivity contribution >= 4 is 44.2 Å². The Hall–Kier alpha value is -2.34. The maximum atomic E-state index is 7.75. The topological polar surface area (TPSA) is 99.0 Å². The van der Waals surface area contributed by atoms with Crippen molar-refractivity contribution in [1.82, 2.24) is 4.98 Å². The van der Waals surface area contributed by atoms with Crippen LogP contribution in [0.25, 0.3) is 10.9 Å². The molecule has 1 heterocycles. The van der Waals surface area contributed by atoms with Crippen molar-refractivity contribution in [2.24, 2.45) is 10.7 Å². The van der Waals surface area contributed by atoms with Gasteiger partial charge < -0.3 is 11.1 Å². The molecule has 0 saturated heterocycles. The minimum atomic E-state index is 0.0471. The van der Waals surface area contributed by atoms with Gasteiger partial charge in [0.05, 0.1) is 5.52 Å². The number of benzene rings is 1. The summed E-state index contributed by atoms with van der Waals surface area (Å²) < 4.78 is 0.925. The van der Waals surface area contributed by atoms with Crippen molar-refractivity contribution in [1.29, 1.82) is 10.8 Å². The lowest BCUT2D eigenvalue weighted by Crippen LogP contribution is -2.16. The highest BCUT2D eigenvalue weighted by molar-refractivity contribution is 9.10. The summed E-state index contributed by atoms with van der Waals surface area (Å²) in [7, 11) is 0. The van der Waals surface area contributed by atoms with Crippen LogP contribution in [0.3, 0.4) is 0 Å². The first-order valence-corrected chi connectivity index (χ1v) is 7.98. The second-order valence-corrected chi connectivity index (χ2v) is 5.97. The van der Waals surface area contributed by atoms with E-state index in [0.29, 0.717) is 24.4 Å². The predicted octanol–water partition coefficient (Wildman–Crippen LogP) is 3.86. The molecule has 0 radical (unpaired) electrons. The minimum absolute atomic E-state index is 0.0471. The number of amidine groups is 2. The molecule has 2 aromatic rings. The zero-order valence-electron chi connectivity index (χ0n) is 12.8. The highest BCUT2D eigenvalue weighted by Crippen LogP contribution is 2.18. The van der Waals surface area contributed by atoms with E-state index in [4.69, 9.17) is 16.6 Å². The molecule has 0 fully saturated rings. The van der Waals surface area contributed by atoms with Gasteiger partial charge in [0.25, 0.3) is 0 Å². The van der Waals surface area contributed by atoms with Gasteiger partial charge in [-0.15, -0.1) is 0 Å². The molecule has 0 aliphatic rings. The molecule has 0 spiro atoms. The first-order chi connectivity index (χ1) is 11.0. The number of nitrogens with zero attached hydrogens (tertiary/aromatic N) is 2. The lowest BCUT2D eigenvalue weighted by molar-refractivity contribution is 1.25. The van der Waals surface area contributed by atoms with Gasteiger partial charge in [-0.25, -0.2) is 4.99 Å². The summed E-state index contributed by atoms with van der Waals surface area (Å²) in [5.74, 6) is 0.413. The zero-order valence-corrected chi connectivity index (χ0v) is 14.4. The van der Waals surface area contributed by atoms with E-state index in [1.54, 1.807) is 12.3 Å². The van der Waals surface area contributed by atoms with E-state index in [1.165, 1.54) is 6.08 Å². The Morgan fingerprint density at radius 3 is 2.83 bits per heavy atom. The molecule has 6 heteroatoms. The standard InChI is InChI=1S/C17H18BrN5/c1-2-14(19)4-6-16(20)23-17(21)8-11-3-5-15-12(7-11)9-13(18)10-22-15/h3-7,9-10,19H,2,8H2,1H3,(H3,20,21,23)/b6-4-,19-14?. The number of allylic oxidation sites excluding steroid dienone is 1. The molecule has 118 valence electrons. The third kappa shape index (κ3) is 5.10. The Morgan fingerprint density at radius 1 is 1.30 bits per heavy atom. The summed E-state index contributed by atoms with van der Waals surface area (Å²) in [5.41, 5.74) is 8.30. The van der Waals surface area contributed by atoms with Crippen molar-refractivity contribution in [2.45, 2.75) is 19.8 Å². The monoisotopic (exact) mass is 371 g/mol. The average molecular weight is 372 g/mol. The van der Waals surface area contributed by atoms with E-state index in [2.05, 4.69) is 25.9 Å². The number of hydrogen-bond acceptors (Lipinski definition) is 3. The fourth-order valence-electron chi connectivity index (χ4n) is 2.00. The molecule has 0 unspecified atom stereocenters. The average Bonchev–Trinajstić information content (AvgIpc) is 2.52. The first kappa shape index (κ1) is 17.0. The number of aliphatic imine (C=N–C) groups is 1. The van der Waals surface area contributed by atoms with Gasteiger partial charge in [0.2, 0.25) is 0 Å². The Bertz CT molecular complexity index is 808. The lowest BCUT2D eigenvalue weighted by Gasteiger charge is -2.04. The van der Waals surface area contributed by atoms with Crippen LogP contribution in [0.4, 0.5) is 0 Å². The van der Waals surface area contributed by atoms with Crippen LogP contribution in [-0.2, 0) is 6.42 Å². The van der Waals surface area contributed by atoms with Gasteiger partial charge in [-0.05, 0) is 58.3 Å². The number of halogens is 1. The molecular formula is C17H18BrN5. The van der Waals surface area contributed by atoms with Crippen molar-refractivity contribution < 1.29 is 0 Å². The summed E-state index contributed by atoms with van der Waals surface area (Å²) >= 11 is 3.41. The Kier molecular flexibility index (Phi) is 5.76. The molecule has 4 N–H and O–H groups in total. The van der Waals surface area contributed by atoms with Crippen LogP contribution in [0.15, 0.2) is 52.1 Å². The van der Waals surface area contributed by atoms with Gasteiger partial charge in [0.1, 0.15) is 11.7 Å². The van der Waals surface area contributed by atoms with Crippen LogP contribution in [0.5, 0.6) is 0 Å². The minimum Gasteiger partial charge on any atom is -0.387 e. The number of nitrogens with one attached hydrogen (secondary N) is 2. The summed E-state index contributed by atoms with van der Waals surface area (Å²) in [6.07, 6.45) is 5.91. The van der Waals surface area contributed by atoms with E-state index in [0.717, 1.165) is 20.9 Å². The number of rotatable bonds is 5. The van der Waals surface area contributed by atoms with Crippen molar-refractivity contribution in [3.8, 4) is 0 Å². The molecule has 5 nitrogen and oxygen atoms in total.